The lowest BCUT2D eigenvalue weighted by Gasteiger charge is -2.32. The molecule has 118 valence electrons. The number of rotatable bonds is 4. The molecule has 0 saturated carbocycles. The largest absolute Gasteiger partial charge is 0.508 e. The highest BCUT2D eigenvalue weighted by molar-refractivity contribution is 5.85. The van der Waals surface area contributed by atoms with Crippen molar-refractivity contribution in [2.45, 2.75) is 13.0 Å². The minimum Gasteiger partial charge on any atom is -0.438 e. The summed E-state index contributed by atoms with van der Waals surface area (Å²) in [7, 11) is 1.31. The number of aryl methyl sites for hydroxylation is 1. The van der Waals surface area contributed by atoms with Gasteiger partial charge in [-0.25, -0.2) is 4.79 Å². The lowest BCUT2D eigenvalue weighted by Crippen LogP contribution is -2.40. The molecule has 0 spiro atoms. The van der Waals surface area contributed by atoms with Gasteiger partial charge in [-0.1, -0.05) is 29.8 Å². The number of morpholine rings is 1. The topological polar surface area (TPSA) is 48.0 Å². The van der Waals surface area contributed by atoms with Crippen molar-refractivity contribution in [1.29, 1.82) is 0 Å². The summed E-state index contributed by atoms with van der Waals surface area (Å²) in [6.45, 7) is 5.47. The lowest BCUT2D eigenvalue weighted by molar-refractivity contribution is -0.0363. The quantitative estimate of drug-likeness (QED) is 0.799. The minimum atomic E-state index is -0.631. The Hall–Kier alpha value is -1.30. The molecule has 21 heavy (non-hydrogen) atoms. The summed E-state index contributed by atoms with van der Waals surface area (Å²) in [4.78, 5) is 13.1. The number of benzene rings is 1. The van der Waals surface area contributed by atoms with Gasteiger partial charge in [0.25, 0.3) is 0 Å². The average molecular weight is 316 g/mol. The molecule has 1 fully saturated rings. The van der Waals surface area contributed by atoms with Gasteiger partial charge in [-0.3, -0.25) is 4.90 Å². The first-order valence-corrected chi connectivity index (χ1v) is 6.80. The van der Waals surface area contributed by atoms with Gasteiger partial charge in [0.15, 0.2) is 0 Å². The van der Waals surface area contributed by atoms with Crippen LogP contribution >= 0.6 is 12.4 Å². The third kappa shape index (κ3) is 5.53. The van der Waals surface area contributed by atoms with Crippen molar-refractivity contribution in [1.82, 2.24) is 4.90 Å². The molecule has 0 aliphatic carbocycles. The predicted molar refractivity (Wildman–Crippen MR) is 81.9 cm³/mol. The zero-order chi connectivity index (χ0) is 14.4. The molecule has 0 bridgehead atoms. The molecule has 1 aromatic carbocycles. The van der Waals surface area contributed by atoms with E-state index in [9.17, 15) is 4.79 Å². The molecule has 1 atom stereocenters. The second-order valence-corrected chi connectivity index (χ2v) is 4.87. The molecular formula is C15H22ClNO4. The van der Waals surface area contributed by atoms with Gasteiger partial charge in [0, 0.05) is 19.6 Å². The van der Waals surface area contributed by atoms with Crippen LogP contribution in [0.15, 0.2) is 24.3 Å². The fourth-order valence-electron chi connectivity index (χ4n) is 2.21. The first-order chi connectivity index (χ1) is 9.69. The molecular weight excluding hydrogens is 294 g/mol. The summed E-state index contributed by atoms with van der Waals surface area (Å²) in [6.07, 6.45) is -0.546. The van der Waals surface area contributed by atoms with E-state index in [0.717, 1.165) is 13.1 Å². The Balaban J connectivity index is 0.00000220. The highest BCUT2D eigenvalue weighted by atomic mass is 35.5. The number of nitrogens with zero attached hydrogens (tertiary/aromatic N) is 1. The van der Waals surface area contributed by atoms with Gasteiger partial charge in [-0.2, -0.15) is 0 Å². The van der Waals surface area contributed by atoms with Crippen LogP contribution in [-0.4, -0.2) is 51.0 Å². The normalized spacial score (nSPS) is 18.7. The molecule has 1 aliphatic heterocycles. The van der Waals surface area contributed by atoms with Crippen molar-refractivity contribution in [3.63, 3.8) is 0 Å². The van der Waals surface area contributed by atoms with Gasteiger partial charge < -0.3 is 14.2 Å². The number of hydrogen-bond donors (Lipinski definition) is 0. The second-order valence-electron chi connectivity index (χ2n) is 4.87. The van der Waals surface area contributed by atoms with Gasteiger partial charge >= 0.3 is 6.16 Å². The molecule has 1 unspecified atom stereocenters. The van der Waals surface area contributed by atoms with Crippen LogP contribution in [0.3, 0.4) is 0 Å². The summed E-state index contributed by atoms with van der Waals surface area (Å²) in [6, 6.07) is 8.40. The highest BCUT2D eigenvalue weighted by Crippen LogP contribution is 2.22. The lowest BCUT2D eigenvalue weighted by atomic mass is 10.1. The number of methoxy groups -OCH3 is 1. The summed E-state index contributed by atoms with van der Waals surface area (Å²) in [5.41, 5.74) is 2.43. The summed E-state index contributed by atoms with van der Waals surface area (Å²) >= 11 is 0. The van der Waals surface area contributed by atoms with Crippen molar-refractivity contribution in [2.75, 3.05) is 40.0 Å². The van der Waals surface area contributed by atoms with E-state index in [1.807, 2.05) is 0 Å². The van der Waals surface area contributed by atoms with Gasteiger partial charge in [0.2, 0.25) is 0 Å². The molecule has 1 aromatic rings. The SMILES string of the molecule is COC(=O)OCCN1CCOC(c2ccc(C)cc2)C1.Cl. The van der Waals surface area contributed by atoms with E-state index in [1.165, 1.54) is 18.2 Å². The smallest absolute Gasteiger partial charge is 0.438 e. The fourth-order valence-corrected chi connectivity index (χ4v) is 2.21. The molecule has 1 heterocycles. The maximum absolute atomic E-state index is 10.9. The number of halogens is 1. The van der Waals surface area contributed by atoms with Crippen molar-refractivity contribution in [2.24, 2.45) is 0 Å². The summed E-state index contributed by atoms with van der Waals surface area (Å²) in [5, 5.41) is 0. The average Bonchev–Trinajstić information content (AvgIpc) is 2.48. The number of ether oxygens (including phenoxy) is 3. The van der Waals surface area contributed by atoms with Crippen LogP contribution in [0.25, 0.3) is 0 Å². The third-order valence-electron chi connectivity index (χ3n) is 3.39. The van der Waals surface area contributed by atoms with E-state index < -0.39 is 6.16 Å². The van der Waals surface area contributed by atoms with Crippen molar-refractivity contribution >= 4 is 18.6 Å². The van der Waals surface area contributed by atoms with E-state index in [2.05, 4.69) is 40.8 Å². The van der Waals surface area contributed by atoms with E-state index in [1.54, 1.807) is 0 Å². The molecule has 0 radical (unpaired) electrons. The van der Waals surface area contributed by atoms with Gasteiger partial charge in [0.1, 0.15) is 6.61 Å². The second kappa shape index (κ2) is 8.87. The zero-order valence-electron chi connectivity index (χ0n) is 12.4. The Morgan fingerprint density at radius 1 is 1.38 bits per heavy atom. The van der Waals surface area contributed by atoms with Crippen LogP contribution in [0.4, 0.5) is 4.79 Å². The first kappa shape index (κ1) is 17.8. The molecule has 2 rings (SSSR count). The van der Waals surface area contributed by atoms with Crippen LogP contribution in [0, 0.1) is 6.92 Å². The third-order valence-corrected chi connectivity index (χ3v) is 3.39. The van der Waals surface area contributed by atoms with Crippen LogP contribution in [-0.2, 0) is 14.2 Å². The van der Waals surface area contributed by atoms with Gasteiger partial charge in [-0.15, -0.1) is 12.4 Å². The van der Waals surface area contributed by atoms with E-state index in [-0.39, 0.29) is 18.5 Å². The van der Waals surface area contributed by atoms with Crippen molar-refractivity contribution < 1.29 is 19.0 Å². The Bertz CT molecular complexity index is 438. The maximum Gasteiger partial charge on any atom is 0.508 e. The highest BCUT2D eigenvalue weighted by Gasteiger charge is 2.21. The molecule has 0 amide bonds. The van der Waals surface area contributed by atoms with Crippen LogP contribution < -0.4 is 0 Å². The van der Waals surface area contributed by atoms with Gasteiger partial charge in [-0.05, 0) is 12.5 Å². The fraction of sp³-hybridized carbons (Fsp3) is 0.533. The minimum absolute atomic E-state index is 0. The number of carbonyl (C=O) groups excluding carboxylic acids is 1. The molecule has 5 nitrogen and oxygen atoms in total. The molecule has 6 heteroatoms. The Labute approximate surface area is 131 Å². The van der Waals surface area contributed by atoms with Crippen molar-refractivity contribution in [3.8, 4) is 0 Å². The number of hydrogen-bond acceptors (Lipinski definition) is 5. The predicted octanol–water partition coefficient (Wildman–Crippen LogP) is 2.57. The zero-order valence-corrected chi connectivity index (χ0v) is 13.2. The Kier molecular flexibility index (Phi) is 7.50. The standard InChI is InChI=1S/C15H21NO4.ClH/c1-12-3-5-13(6-4-12)14-11-16(7-9-19-14)8-10-20-15(17)18-2;/h3-6,14H,7-11H2,1-2H3;1H. The summed E-state index contributed by atoms with van der Waals surface area (Å²) in [5.74, 6) is 0. The van der Waals surface area contributed by atoms with Gasteiger partial charge in [0.05, 0.1) is 19.8 Å². The first-order valence-electron chi connectivity index (χ1n) is 6.80. The van der Waals surface area contributed by atoms with Crippen LogP contribution in [0.5, 0.6) is 0 Å². The van der Waals surface area contributed by atoms with Crippen LogP contribution in [0.1, 0.15) is 17.2 Å². The van der Waals surface area contributed by atoms with Crippen LogP contribution in [0.2, 0.25) is 0 Å². The van der Waals surface area contributed by atoms with Crippen molar-refractivity contribution in [3.05, 3.63) is 35.4 Å². The molecule has 0 aromatic heterocycles. The van der Waals surface area contributed by atoms with E-state index >= 15 is 0 Å². The molecule has 0 N–H and O–H groups in total. The number of carbonyl (C=O) groups is 1. The Morgan fingerprint density at radius 2 is 2.10 bits per heavy atom. The summed E-state index contributed by atoms with van der Waals surface area (Å²) < 4.78 is 15.2. The van der Waals surface area contributed by atoms with E-state index in [0.29, 0.717) is 19.8 Å². The Morgan fingerprint density at radius 3 is 2.76 bits per heavy atom. The molecule has 1 aliphatic rings. The maximum atomic E-state index is 10.9. The monoisotopic (exact) mass is 315 g/mol. The molecule has 1 saturated heterocycles. The van der Waals surface area contributed by atoms with E-state index in [4.69, 9.17) is 9.47 Å².